The van der Waals surface area contributed by atoms with Crippen molar-refractivity contribution in [2.75, 3.05) is 39.3 Å². The van der Waals surface area contributed by atoms with Crippen molar-refractivity contribution in [2.24, 2.45) is 0 Å². The standard InChI is InChI=1S/C16H24N4O4S.ClH/c1-12-9-15(20(21)22)16(10-13(12)2)25(23,24)19-6-3-14(11-19)18-7-4-17-5-8-18;/h9-10,14,17H,3-8,11H2,1-2H3;1H. The molecule has 3 rings (SSSR count). The Kier molecular flexibility index (Phi) is 6.62. The van der Waals surface area contributed by atoms with Crippen LogP contribution < -0.4 is 5.32 Å². The zero-order valence-electron chi connectivity index (χ0n) is 15.0. The van der Waals surface area contributed by atoms with Gasteiger partial charge in [0.1, 0.15) is 0 Å². The molecule has 2 aliphatic rings. The smallest absolute Gasteiger partial charge is 0.289 e. The maximum absolute atomic E-state index is 13.0. The van der Waals surface area contributed by atoms with E-state index in [4.69, 9.17) is 0 Å². The van der Waals surface area contributed by atoms with Crippen LogP contribution in [-0.4, -0.2) is 67.9 Å². The molecule has 0 radical (unpaired) electrons. The van der Waals surface area contributed by atoms with E-state index in [-0.39, 0.29) is 29.0 Å². The van der Waals surface area contributed by atoms with E-state index in [1.165, 1.54) is 16.4 Å². The van der Waals surface area contributed by atoms with Crippen molar-refractivity contribution in [1.29, 1.82) is 0 Å². The number of nitrogens with zero attached hydrogens (tertiary/aromatic N) is 3. The van der Waals surface area contributed by atoms with E-state index in [1.807, 2.05) is 0 Å². The van der Waals surface area contributed by atoms with Gasteiger partial charge in [-0.05, 0) is 37.5 Å². The lowest BCUT2D eigenvalue weighted by Gasteiger charge is -2.32. The molecule has 10 heteroatoms. The van der Waals surface area contributed by atoms with Crippen LogP contribution in [0.2, 0.25) is 0 Å². The highest BCUT2D eigenvalue weighted by molar-refractivity contribution is 7.89. The van der Waals surface area contributed by atoms with Crippen molar-refractivity contribution in [1.82, 2.24) is 14.5 Å². The highest BCUT2D eigenvalue weighted by Gasteiger charge is 2.38. The third kappa shape index (κ3) is 4.01. The molecule has 1 atom stereocenters. The molecule has 0 bridgehead atoms. The summed E-state index contributed by atoms with van der Waals surface area (Å²) in [5, 5.41) is 14.7. The van der Waals surface area contributed by atoms with Gasteiger partial charge in [0, 0.05) is 51.4 Å². The van der Waals surface area contributed by atoms with Crippen LogP contribution in [0.25, 0.3) is 0 Å². The van der Waals surface area contributed by atoms with Gasteiger partial charge in [-0.2, -0.15) is 4.31 Å². The number of rotatable bonds is 4. The average molecular weight is 405 g/mol. The highest BCUT2D eigenvalue weighted by Crippen LogP contribution is 2.32. The van der Waals surface area contributed by atoms with Crippen LogP contribution in [0.5, 0.6) is 0 Å². The minimum Gasteiger partial charge on any atom is -0.314 e. The summed E-state index contributed by atoms with van der Waals surface area (Å²) >= 11 is 0. The van der Waals surface area contributed by atoms with Gasteiger partial charge < -0.3 is 5.32 Å². The number of hydrogen-bond donors (Lipinski definition) is 1. The molecule has 0 saturated carbocycles. The monoisotopic (exact) mass is 404 g/mol. The Balaban J connectivity index is 0.00000243. The van der Waals surface area contributed by atoms with E-state index in [0.29, 0.717) is 18.7 Å². The molecular weight excluding hydrogens is 380 g/mol. The molecule has 2 fully saturated rings. The first-order valence-corrected chi connectivity index (χ1v) is 9.95. The van der Waals surface area contributed by atoms with Gasteiger partial charge in [-0.25, -0.2) is 8.42 Å². The Bertz CT molecular complexity index is 781. The highest BCUT2D eigenvalue weighted by atomic mass is 35.5. The van der Waals surface area contributed by atoms with Crippen LogP contribution in [-0.2, 0) is 10.0 Å². The Labute approximate surface area is 160 Å². The number of nitro groups is 1. The molecule has 2 aliphatic heterocycles. The molecule has 8 nitrogen and oxygen atoms in total. The number of piperazine rings is 1. The minimum atomic E-state index is -3.88. The number of sulfonamides is 1. The first kappa shape index (κ1) is 21.0. The Hall–Kier alpha value is -1.26. The molecule has 0 aromatic heterocycles. The molecule has 146 valence electrons. The van der Waals surface area contributed by atoms with E-state index < -0.39 is 14.9 Å². The van der Waals surface area contributed by atoms with Gasteiger partial charge in [-0.15, -0.1) is 12.4 Å². The van der Waals surface area contributed by atoms with Gasteiger partial charge in [0.2, 0.25) is 10.0 Å². The van der Waals surface area contributed by atoms with Gasteiger partial charge in [0.15, 0.2) is 4.90 Å². The van der Waals surface area contributed by atoms with Crippen molar-refractivity contribution in [3.05, 3.63) is 33.4 Å². The van der Waals surface area contributed by atoms with Crippen molar-refractivity contribution in [3.63, 3.8) is 0 Å². The van der Waals surface area contributed by atoms with E-state index in [9.17, 15) is 18.5 Å². The SMILES string of the molecule is Cc1cc([N+](=O)[O-])c(S(=O)(=O)N2CCC(N3CCNCC3)C2)cc1C.Cl. The van der Waals surface area contributed by atoms with Crippen molar-refractivity contribution < 1.29 is 13.3 Å². The summed E-state index contributed by atoms with van der Waals surface area (Å²) in [5.41, 5.74) is 1.11. The van der Waals surface area contributed by atoms with Crippen molar-refractivity contribution >= 4 is 28.1 Å². The Morgan fingerprint density at radius 3 is 2.38 bits per heavy atom. The third-order valence-electron chi connectivity index (χ3n) is 5.18. The average Bonchev–Trinajstić information content (AvgIpc) is 3.08. The summed E-state index contributed by atoms with van der Waals surface area (Å²) in [6, 6.07) is 2.97. The molecule has 1 aromatic carbocycles. The maximum Gasteiger partial charge on any atom is 0.289 e. The van der Waals surface area contributed by atoms with Gasteiger partial charge >= 0.3 is 0 Å². The second-order valence-corrected chi connectivity index (χ2v) is 8.66. The van der Waals surface area contributed by atoms with Gasteiger partial charge in [0.05, 0.1) is 4.92 Å². The van der Waals surface area contributed by atoms with Crippen LogP contribution in [0, 0.1) is 24.0 Å². The van der Waals surface area contributed by atoms with Crippen LogP contribution >= 0.6 is 12.4 Å². The van der Waals surface area contributed by atoms with Crippen molar-refractivity contribution in [2.45, 2.75) is 31.2 Å². The van der Waals surface area contributed by atoms with Crippen molar-refractivity contribution in [3.8, 4) is 0 Å². The number of nitrogens with one attached hydrogen (secondary N) is 1. The number of nitro benzene ring substituents is 1. The molecule has 2 heterocycles. The maximum atomic E-state index is 13.0. The summed E-state index contributed by atoms with van der Waals surface area (Å²) in [4.78, 5) is 12.9. The first-order chi connectivity index (χ1) is 11.8. The molecule has 1 N–H and O–H groups in total. The summed E-state index contributed by atoms with van der Waals surface area (Å²) in [6.45, 7) is 7.94. The lowest BCUT2D eigenvalue weighted by atomic mass is 10.1. The minimum absolute atomic E-state index is 0. The summed E-state index contributed by atoms with van der Waals surface area (Å²) in [7, 11) is -3.88. The predicted octanol–water partition coefficient (Wildman–Crippen LogP) is 1.30. The summed E-state index contributed by atoms with van der Waals surface area (Å²) in [5.74, 6) is 0. The lowest BCUT2D eigenvalue weighted by molar-refractivity contribution is -0.387. The molecule has 1 unspecified atom stereocenters. The molecule has 0 aliphatic carbocycles. The number of hydrogen-bond acceptors (Lipinski definition) is 6. The molecular formula is C16H25ClN4O4S. The van der Waals surface area contributed by atoms with E-state index in [0.717, 1.165) is 38.2 Å². The van der Waals surface area contributed by atoms with Crippen LogP contribution in [0.4, 0.5) is 5.69 Å². The Morgan fingerprint density at radius 2 is 1.77 bits per heavy atom. The Morgan fingerprint density at radius 1 is 1.15 bits per heavy atom. The van der Waals surface area contributed by atoms with Gasteiger partial charge in [0.25, 0.3) is 5.69 Å². The summed E-state index contributed by atoms with van der Waals surface area (Å²) in [6.07, 6.45) is 0.762. The topological polar surface area (TPSA) is 95.8 Å². The molecule has 2 saturated heterocycles. The normalized spacial score (nSPS) is 22.2. The fourth-order valence-corrected chi connectivity index (χ4v) is 5.25. The number of halogens is 1. The van der Waals surface area contributed by atoms with E-state index >= 15 is 0 Å². The predicted molar refractivity (Wildman–Crippen MR) is 101 cm³/mol. The zero-order chi connectivity index (χ0) is 18.2. The molecule has 1 aromatic rings. The fraction of sp³-hybridized carbons (Fsp3) is 0.625. The van der Waals surface area contributed by atoms with Crippen LogP contribution in [0.1, 0.15) is 17.5 Å². The summed E-state index contributed by atoms with van der Waals surface area (Å²) < 4.78 is 27.5. The van der Waals surface area contributed by atoms with E-state index in [2.05, 4.69) is 10.2 Å². The molecule has 0 amide bonds. The second-order valence-electron chi connectivity index (χ2n) is 6.75. The first-order valence-electron chi connectivity index (χ1n) is 8.51. The van der Waals surface area contributed by atoms with Gasteiger partial charge in [-0.1, -0.05) is 0 Å². The largest absolute Gasteiger partial charge is 0.314 e. The van der Waals surface area contributed by atoms with Crippen LogP contribution in [0.15, 0.2) is 17.0 Å². The van der Waals surface area contributed by atoms with Crippen LogP contribution in [0.3, 0.4) is 0 Å². The lowest BCUT2D eigenvalue weighted by Crippen LogP contribution is -2.49. The quantitative estimate of drug-likeness (QED) is 0.600. The zero-order valence-corrected chi connectivity index (χ0v) is 16.6. The fourth-order valence-electron chi connectivity index (χ4n) is 3.54. The molecule has 0 spiro atoms. The van der Waals surface area contributed by atoms with Gasteiger partial charge in [-0.3, -0.25) is 15.0 Å². The second kappa shape index (κ2) is 8.18. The molecule has 26 heavy (non-hydrogen) atoms. The third-order valence-corrected chi connectivity index (χ3v) is 7.08. The van der Waals surface area contributed by atoms with E-state index in [1.54, 1.807) is 13.8 Å². The number of aryl methyl sites for hydroxylation is 2. The number of benzene rings is 1.